The van der Waals surface area contributed by atoms with Crippen molar-refractivity contribution in [2.24, 2.45) is 0 Å². The summed E-state index contributed by atoms with van der Waals surface area (Å²) in [7, 11) is 1.39. The van der Waals surface area contributed by atoms with Gasteiger partial charge in [0.05, 0.1) is 23.4 Å². The zero-order chi connectivity index (χ0) is 22.4. The Balaban J connectivity index is 1.64. The molecule has 0 radical (unpaired) electrons. The number of aromatic nitrogens is 2. The van der Waals surface area contributed by atoms with E-state index < -0.39 is 4.92 Å². The molecule has 0 spiro atoms. The van der Waals surface area contributed by atoms with Gasteiger partial charge in [0.2, 0.25) is 5.91 Å². The van der Waals surface area contributed by atoms with Gasteiger partial charge < -0.3 is 10.1 Å². The molecule has 0 aliphatic heterocycles. The first-order valence-electron chi connectivity index (χ1n) is 9.34. The van der Waals surface area contributed by atoms with Gasteiger partial charge in [-0.3, -0.25) is 19.7 Å². The highest BCUT2D eigenvalue weighted by atomic mass is 19.1. The van der Waals surface area contributed by atoms with Crippen molar-refractivity contribution in [3.8, 4) is 17.0 Å². The minimum atomic E-state index is -0.568. The number of amides is 1. The lowest BCUT2D eigenvalue weighted by atomic mass is 10.1. The summed E-state index contributed by atoms with van der Waals surface area (Å²) in [5.74, 6) is -0.464. The molecule has 2 aromatic carbocycles. The second-order valence-corrected chi connectivity index (χ2v) is 6.58. The van der Waals surface area contributed by atoms with Crippen LogP contribution in [0.25, 0.3) is 11.3 Å². The number of ether oxygens (including phenoxy) is 1. The van der Waals surface area contributed by atoms with Crippen molar-refractivity contribution in [1.29, 1.82) is 0 Å². The summed E-state index contributed by atoms with van der Waals surface area (Å²) in [6.07, 6.45) is 0.365. The molecule has 0 aliphatic carbocycles. The van der Waals surface area contributed by atoms with Crippen LogP contribution in [0.1, 0.15) is 12.8 Å². The molecule has 0 saturated carbocycles. The van der Waals surface area contributed by atoms with Gasteiger partial charge in [0.25, 0.3) is 11.2 Å². The topological polar surface area (TPSA) is 116 Å². The second kappa shape index (κ2) is 9.61. The maximum Gasteiger partial charge on any atom is 0.271 e. The summed E-state index contributed by atoms with van der Waals surface area (Å²) in [5, 5.41) is 17.8. The third-order valence-electron chi connectivity index (χ3n) is 4.45. The first-order valence-corrected chi connectivity index (χ1v) is 9.34. The molecule has 1 N–H and O–H groups in total. The third kappa shape index (κ3) is 5.50. The standard InChI is InChI=1S/C21H19FN4O5/c1-31-19-10-8-16(26(29)30)13-18(19)23-20(27)3-2-12-25-21(28)11-9-17(24-25)14-4-6-15(22)7-5-14/h4-11,13H,2-3,12H2,1H3,(H,23,27). The zero-order valence-corrected chi connectivity index (χ0v) is 16.6. The Morgan fingerprint density at radius 1 is 1.19 bits per heavy atom. The Bertz CT molecular complexity index is 1160. The highest BCUT2D eigenvalue weighted by molar-refractivity contribution is 5.92. The van der Waals surface area contributed by atoms with E-state index in [4.69, 9.17) is 4.74 Å². The molecule has 0 bridgehead atoms. The molecule has 1 heterocycles. The number of halogens is 1. The molecule has 9 nitrogen and oxygen atoms in total. The van der Waals surface area contributed by atoms with Gasteiger partial charge in [-0.15, -0.1) is 0 Å². The Labute approximate surface area is 176 Å². The van der Waals surface area contributed by atoms with Crippen LogP contribution >= 0.6 is 0 Å². The van der Waals surface area contributed by atoms with E-state index in [-0.39, 0.29) is 41.6 Å². The summed E-state index contributed by atoms with van der Waals surface area (Å²) in [6, 6.07) is 12.5. The lowest BCUT2D eigenvalue weighted by Gasteiger charge is -2.10. The number of nitrogens with one attached hydrogen (secondary N) is 1. The average molecular weight is 426 g/mol. The Morgan fingerprint density at radius 2 is 1.94 bits per heavy atom. The van der Waals surface area contributed by atoms with Crippen LogP contribution in [0.3, 0.4) is 0 Å². The predicted octanol–water partition coefficient (Wildman–Crippen LogP) is 3.39. The number of nitro groups is 1. The van der Waals surface area contributed by atoms with Gasteiger partial charge in [-0.2, -0.15) is 5.10 Å². The monoisotopic (exact) mass is 426 g/mol. The summed E-state index contributed by atoms with van der Waals surface area (Å²) in [4.78, 5) is 34.7. The number of aryl methyl sites for hydroxylation is 1. The van der Waals surface area contributed by atoms with Crippen LogP contribution in [0.5, 0.6) is 5.75 Å². The minimum Gasteiger partial charge on any atom is -0.495 e. The van der Waals surface area contributed by atoms with Crippen LogP contribution in [0.2, 0.25) is 0 Å². The first kappa shape index (κ1) is 21.6. The van der Waals surface area contributed by atoms with E-state index in [0.29, 0.717) is 23.4 Å². The molecule has 1 aromatic heterocycles. The smallest absolute Gasteiger partial charge is 0.271 e. The largest absolute Gasteiger partial charge is 0.495 e. The van der Waals surface area contributed by atoms with Crippen LogP contribution in [-0.2, 0) is 11.3 Å². The normalized spacial score (nSPS) is 10.5. The van der Waals surface area contributed by atoms with Crippen LogP contribution < -0.4 is 15.6 Å². The molecule has 160 valence electrons. The summed E-state index contributed by atoms with van der Waals surface area (Å²) in [5.41, 5.74) is 0.849. The van der Waals surface area contributed by atoms with Gasteiger partial charge in [-0.25, -0.2) is 9.07 Å². The molecule has 3 aromatic rings. The molecule has 0 saturated heterocycles. The van der Waals surface area contributed by atoms with Crippen molar-refractivity contribution in [3.05, 3.63) is 80.9 Å². The highest BCUT2D eigenvalue weighted by Crippen LogP contribution is 2.29. The number of hydrogen-bond acceptors (Lipinski definition) is 6. The molecule has 0 unspecified atom stereocenters. The van der Waals surface area contributed by atoms with Gasteiger partial charge >= 0.3 is 0 Å². The van der Waals surface area contributed by atoms with Gasteiger partial charge in [-0.1, -0.05) is 0 Å². The SMILES string of the molecule is COc1ccc([N+](=O)[O-])cc1NC(=O)CCCn1nc(-c2ccc(F)cc2)ccc1=O. The summed E-state index contributed by atoms with van der Waals surface area (Å²) >= 11 is 0. The lowest BCUT2D eigenvalue weighted by Crippen LogP contribution is -2.23. The minimum absolute atomic E-state index is 0.0563. The van der Waals surface area contributed by atoms with Crippen molar-refractivity contribution in [3.63, 3.8) is 0 Å². The summed E-state index contributed by atoms with van der Waals surface area (Å²) < 4.78 is 19.5. The molecular formula is C21H19FN4O5. The highest BCUT2D eigenvalue weighted by Gasteiger charge is 2.14. The Kier molecular flexibility index (Phi) is 6.71. The van der Waals surface area contributed by atoms with E-state index in [1.165, 1.54) is 48.2 Å². The van der Waals surface area contributed by atoms with Crippen LogP contribution in [0, 0.1) is 15.9 Å². The predicted molar refractivity (Wildman–Crippen MR) is 111 cm³/mol. The number of nitro benzene ring substituents is 1. The number of carbonyl (C=O) groups excluding carboxylic acids is 1. The van der Waals surface area contributed by atoms with E-state index in [1.807, 2.05) is 0 Å². The van der Waals surface area contributed by atoms with Crippen molar-refractivity contribution >= 4 is 17.3 Å². The van der Waals surface area contributed by atoms with E-state index in [1.54, 1.807) is 18.2 Å². The molecule has 0 fully saturated rings. The molecule has 0 aliphatic rings. The third-order valence-corrected chi connectivity index (χ3v) is 4.45. The van der Waals surface area contributed by atoms with Gasteiger partial charge in [0.15, 0.2) is 0 Å². The average Bonchev–Trinajstić information content (AvgIpc) is 2.75. The number of hydrogen-bond donors (Lipinski definition) is 1. The van der Waals surface area contributed by atoms with E-state index >= 15 is 0 Å². The van der Waals surface area contributed by atoms with E-state index in [0.717, 1.165) is 0 Å². The number of benzene rings is 2. The van der Waals surface area contributed by atoms with Crippen molar-refractivity contribution < 1.29 is 18.8 Å². The van der Waals surface area contributed by atoms with Crippen molar-refractivity contribution in [1.82, 2.24) is 9.78 Å². The number of nitrogens with zero attached hydrogens (tertiary/aromatic N) is 3. The quantitative estimate of drug-likeness (QED) is 0.436. The molecule has 3 rings (SSSR count). The number of methoxy groups -OCH3 is 1. The fraction of sp³-hybridized carbons (Fsp3) is 0.190. The number of non-ortho nitro benzene ring substituents is 1. The number of rotatable bonds is 8. The molecule has 0 atom stereocenters. The maximum absolute atomic E-state index is 13.1. The van der Waals surface area contributed by atoms with Crippen molar-refractivity contribution in [2.75, 3.05) is 12.4 Å². The van der Waals surface area contributed by atoms with E-state index in [2.05, 4.69) is 10.4 Å². The van der Waals surface area contributed by atoms with Gasteiger partial charge in [-0.05, 0) is 42.8 Å². The van der Waals surface area contributed by atoms with Gasteiger partial charge in [0, 0.05) is 36.7 Å². The Hall–Kier alpha value is -4.08. The van der Waals surface area contributed by atoms with Gasteiger partial charge in [0.1, 0.15) is 11.6 Å². The second-order valence-electron chi connectivity index (χ2n) is 6.58. The van der Waals surface area contributed by atoms with Crippen LogP contribution in [0.4, 0.5) is 15.8 Å². The lowest BCUT2D eigenvalue weighted by molar-refractivity contribution is -0.384. The fourth-order valence-corrected chi connectivity index (χ4v) is 2.89. The Morgan fingerprint density at radius 3 is 2.61 bits per heavy atom. The molecule has 31 heavy (non-hydrogen) atoms. The molecular weight excluding hydrogens is 407 g/mol. The van der Waals surface area contributed by atoms with E-state index in [9.17, 15) is 24.1 Å². The molecule has 10 heteroatoms. The summed E-state index contributed by atoms with van der Waals surface area (Å²) in [6.45, 7) is 0.188. The van der Waals surface area contributed by atoms with Crippen LogP contribution in [0.15, 0.2) is 59.4 Å². The molecule has 1 amide bonds. The maximum atomic E-state index is 13.1. The van der Waals surface area contributed by atoms with Crippen LogP contribution in [-0.4, -0.2) is 27.7 Å². The first-order chi connectivity index (χ1) is 14.9. The number of carbonyl (C=O) groups is 1. The fourth-order valence-electron chi connectivity index (χ4n) is 2.89. The van der Waals surface area contributed by atoms with Crippen molar-refractivity contribution in [2.45, 2.75) is 19.4 Å². The number of anilines is 1. The zero-order valence-electron chi connectivity index (χ0n) is 16.6.